The molecular weight excluding hydrogens is 286 g/mol. The van der Waals surface area contributed by atoms with Crippen molar-refractivity contribution in [2.24, 2.45) is 0 Å². The summed E-state index contributed by atoms with van der Waals surface area (Å²) in [5, 5.41) is 10.9. The Kier molecular flexibility index (Phi) is 4.67. The third kappa shape index (κ3) is 4.60. The topological polar surface area (TPSA) is 68.0 Å². The molecule has 0 saturated carbocycles. The molecule has 1 amide bonds. The van der Waals surface area contributed by atoms with Crippen LogP contribution in [0.4, 0.5) is 5.69 Å². The van der Waals surface area contributed by atoms with E-state index in [0.29, 0.717) is 17.5 Å². The number of amides is 1. The lowest BCUT2D eigenvalue weighted by Gasteiger charge is -2.10. The Labute approximate surface area is 128 Å². The molecule has 0 atom stereocenters. The Balaban J connectivity index is 1.94. The number of hydrogen-bond donors (Lipinski definition) is 1. The molecule has 0 bridgehead atoms. The fourth-order valence-electron chi connectivity index (χ4n) is 1.60. The minimum Gasteiger partial charge on any atom is -0.424 e. The summed E-state index contributed by atoms with van der Waals surface area (Å²) >= 11 is 1.62. The van der Waals surface area contributed by atoms with Crippen molar-refractivity contribution < 1.29 is 9.21 Å². The molecule has 0 saturated heterocycles. The van der Waals surface area contributed by atoms with E-state index in [1.807, 2.05) is 45.0 Å². The molecule has 1 aromatic heterocycles. The van der Waals surface area contributed by atoms with Gasteiger partial charge in [-0.2, -0.15) is 0 Å². The highest BCUT2D eigenvalue weighted by molar-refractivity contribution is 7.98. The fraction of sp³-hybridized carbons (Fsp3) is 0.400. The number of anilines is 1. The van der Waals surface area contributed by atoms with Crippen LogP contribution in [-0.2, 0) is 16.0 Å². The van der Waals surface area contributed by atoms with Crippen molar-refractivity contribution in [3.05, 3.63) is 36.0 Å². The molecule has 6 heteroatoms. The Hall–Kier alpha value is -1.82. The van der Waals surface area contributed by atoms with E-state index in [0.717, 1.165) is 10.6 Å². The molecule has 0 aliphatic rings. The number of nitrogens with zero attached hydrogens (tertiary/aromatic N) is 2. The first kappa shape index (κ1) is 15.6. The average Bonchev–Trinajstić information content (AvgIpc) is 2.86. The maximum absolute atomic E-state index is 10.9. The first-order valence-electron chi connectivity index (χ1n) is 6.68. The van der Waals surface area contributed by atoms with Crippen molar-refractivity contribution in [2.45, 2.75) is 43.8 Å². The molecule has 0 aliphatic carbocycles. The van der Waals surface area contributed by atoms with Gasteiger partial charge in [-0.15, -0.1) is 22.0 Å². The van der Waals surface area contributed by atoms with Crippen molar-refractivity contribution in [1.29, 1.82) is 0 Å². The van der Waals surface area contributed by atoms with E-state index in [1.54, 1.807) is 11.8 Å². The van der Waals surface area contributed by atoms with Gasteiger partial charge in [-0.05, 0) is 24.3 Å². The van der Waals surface area contributed by atoms with E-state index >= 15 is 0 Å². The van der Waals surface area contributed by atoms with E-state index in [-0.39, 0.29) is 11.3 Å². The highest BCUT2D eigenvalue weighted by atomic mass is 32.2. The molecule has 1 aromatic carbocycles. The molecule has 21 heavy (non-hydrogen) atoms. The number of nitrogens with one attached hydrogen (secondary N) is 1. The van der Waals surface area contributed by atoms with Gasteiger partial charge in [-0.3, -0.25) is 4.79 Å². The Morgan fingerprint density at radius 3 is 2.43 bits per heavy atom. The van der Waals surface area contributed by atoms with Crippen LogP contribution in [-0.4, -0.2) is 16.1 Å². The number of carbonyl (C=O) groups is 1. The third-order valence-corrected chi connectivity index (χ3v) is 3.64. The van der Waals surface area contributed by atoms with Crippen LogP contribution < -0.4 is 5.32 Å². The van der Waals surface area contributed by atoms with Crippen molar-refractivity contribution in [1.82, 2.24) is 10.2 Å². The van der Waals surface area contributed by atoms with E-state index in [1.165, 1.54) is 6.92 Å². The summed E-state index contributed by atoms with van der Waals surface area (Å²) in [6.07, 6.45) is 0. The zero-order valence-electron chi connectivity index (χ0n) is 12.6. The van der Waals surface area contributed by atoms with Gasteiger partial charge in [-0.1, -0.05) is 20.8 Å². The van der Waals surface area contributed by atoms with E-state index in [2.05, 4.69) is 15.5 Å². The van der Waals surface area contributed by atoms with Crippen LogP contribution in [0, 0.1) is 0 Å². The maximum Gasteiger partial charge on any atom is 0.226 e. The van der Waals surface area contributed by atoms with Crippen LogP contribution in [0.25, 0.3) is 0 Å². The molecule has 0 fully saturated rings. The van der Waals surface area contributed by atoms with Gasteiger partial charge < -0.3 is 9.73 Å². The molecule has 2 rings (SSSR count). The van der Waals surface area contributed by atoms with Gasteiger partial charge >= 0.3 is 0 Å². The van der Waals surface area contributed by atoms with Gasteiger partial charge in [0.1, 0.15) is 0 Å². The van der Waals surface area contributed by atoms with Crippen LogP contribution in [0.5, 0.6) is 0 Å². The normalized spacial score (nSPS) is 11.4. The summed E-state index contributed by atoms with van der Waals surface area (Å²) in [6, 6.07) is 7.66. The van der Waals surface area contributed by atoms with Crippen LogP contribution in [0.3, 0.4) is 0 Å². The molecule has 5 nitrogen and oxygen atoms in total. The molecule has 1 heterocycles. The lowest BCUT2D eigenvalue weighted by Crippen LogP contribution is -2.11. The number of rotatable bonds is 4. The fourth-order valence-corrected chi connectivity index (χ4v) is 2.33. The minimum absolute atomic E-state index is 0.0732. The van der Waals surface area contributed by atoms with Crippen molar-refractivity contribution in [3.63, 3.8) is 0 Å². The summed E-state index contributed by atoms with van der Waals surface area (Å²) in [7, 11) is 0. The van der Waals surface area contributed by atoms with Crippen molar-refractivity contribution in [2.75, 3.05) is 5.32 Å². The highest BCUT2D eigenvalue weighted by Crippen LogP contribution is 2.26. The first-order chi connectivity index (χ1) is 9.84. The number of hydrogen-bond acceptors (Lipinski definition) is 5. The quantitative estimate of drug-likeness (QED) is 0.874. The summed E-state index contributed by atoms with van der Waals surface area (Å²) < 4.78 is 5.65. The molecule has 0 spiro atoms. The van der Waals surface area contributed by atoms with Crippen LogP contribution in [0.2, 0.25) is 0 Å². The van der Waals surface area contributed by atoms with E-state index in [9.17, 15) is 4.79 Å². The summed E-state index contributed by atoms with van der Waals surface area (Å²) in [6.45, 7) is 7.61. The summed E-state index contributed by atoms with van der Waals surface area (Å²) in [5.74, 6) is 1.83. The number of thioether (sulfide) groups is 1. The SMILES string of the molecule is CC(=O)Nc1ccc(SCc2nnc(C(C)(C)C)o2)cc1. The second-order valence-electron chi connectivity index (χ2n) is 5.75. The third-order valence-electron chi connectivity index (χ3n) is 2.65. The number of benzene rings is 1. The summed E-state index contributed by atoms with van der Waals surface area (Å²) in [4.78, 5) is 12.0. The first-order valence-corrected chi connectivity index (χ1v) is 7.66. The molecular formula is C15H19N3O2S. The van der Waals surface area contributed by atoms with Gasteiger partial charge in [0.25, 0.3) is 0 Å². The minimum atomic E-state index is -0.129. The van der Waals surface area contributed by atoms with Crippen molar-refractivity contribution >= 4 is 23.4 Å². The number of carbonyl (C=O) groups excluding carboxylic acids is 1. The monoisotopic (exact) mass is 305 g/mol. The summed E-state index contributed by atoms with van der Waals surface area (Å²) in [5.41, 5.74) is 0.662. The standard InChI is InChI=1S/C15H19N3O2S/c1-10(19)16-11-5-7-12(8-6-11)21-9-13-17-18-14(20-13)15(2,3)4/h5-8H,9H2,1-4H3,(H,16,19). The molecule has 0 aliphatic heterocycles. The maximum atomic E-state index is 10.9. The van der Waals surface area contributed by atoms with Gasteiger partial charge in [0, 0.05) is 22.9 Å². The van der Waals surface area contributed by atoms with Gasteiger partial charge in [0.2, 0.25) is 17.7 Å². The van der Waals surface area contributed by atoms with Crippen LogP contribution in [0.15, 0.2) is 33.6 Å². The smallest absolute Gasteiger partial charge is 0.226 e. The van der Waals surface area contributed by atoms with Crippen molar-refractivity contribution in [3.8, 4) is 0 Å². The molecule has 1 N–H and O–H groups in total. The molecule has 2 aromatic rings. The average molecular weight is 305 g/mol. The van der Waals surface area contributed by atoms with Gasteiger partial charge in [-0.25, -0.2) is 0 Å². The zero-order valence-corrected chi connectivity index (χ0v) is 13.5. The van der Waals surface area contributed by atoms with Crippen LogP contribution in [0.1, 0.15) is 39.5 Å². The van der Waals surface area contributed by atoms with Gasteiger partial charge in [0.05, 0.1) is 5.75 Å². The zero-order chi connectivity index (χ0) is 15.5. The highest BCUT2D eigenvalue weighted by Gasteiger charge is 2.21. The second kappa shape index (κ2) is 6.30. The number of aromatic nitrogens is 2. The Bertz CT molecular complexity index is 615. The predicted octanol–water partition coefficient (Wildman–Crippen LogP) is 3.62. The largest absolute Gasteiger partial charge is 0.424 e. The molecule has 0 unspecified atom stereocenters. The molecule has 112 valence electrons. The molecule has 0 radical (unpaired) electrons. The Morgan fingerprint density at radius 1 is 1.24 bits per heavy atom. The predicted molar refractivity (Wildman–Crippen MR) is 83.3 cm³/mol. The lowest BCUT2D eigenvalue weighted by molar-refractivity contribution is -0.114. The lowest BCUT2D eigenvalue weighted by atomic mass is 9.97. The van der Waals surface area contributed by atoms with E-state index in [4.69, 9.17) is 4.42 Å². The van der Waals surface area contributed by atoms with E-state index < -0.39 is 0 Å². The van der Waals surface area contributed by atoms with Crippen LogP contribution >= 0.6 is 11.8 Å². The second-order valence-corrected chi connectivity index (χ2v) is 6.79. The van der Waals surface area contributed by atoms with Gasteiger partial charge in [0.15, 0.2) is 0 Å². The Morgan fingerprint density at radius 2 is 1.90 bits per heavy atom.